The van der Waals surface area contributed by atoms with Crippen LogP contribution in [0.2, 0.25) is 0 Å². The van der Waals surface area contributed by atoms with Gasteiger partial charge in [-0.1, -0.05) is 11.8 Å². The van der Waals surface area contributed by atoms with Gasteiger partial charge in [0.25, 0.3) is 6.47 Å². The molecule has 98 valence electrons. The molecule has 0 bridgehead atoms. The predicted octanol–water partition coefficient (Wildman–Crippen LogP) is 3.70. The van der Waals surface area contributed by atoms with Crippen LogP contribution in [0.3, 0.4) is 0 Å². The lowest BCUT2D eigenvalue weighted by Crippen LogP contribution is -1.90. The molecule has 2 aromatic rings. The summed E-state index contributed by atoms with van der Waals surface area (Å²) in [4.78, 5) is 12.5. The molecular weight excluding hydrogens is 260 g/mol. The van der Waals surface area contributed by atoms with Gasteiger partial charge in [0.1, 0.15) is 11.5 Å². The SMILES string of the molecule is Cc1cc(O)ccc1Sc1ccc(OC=O)cc1C. The lowest BCUT2D eigenvalue weighted by molar-refractivity contribution is -0.120. The summed E-state index contributed by atoms with van der Waals surface area (Å²) in [5.74, 6) is 0.813. The molecule has 0 aliphatic rings. The molecule has 2 rings (SSSR count). The zero-order valence-electron chi connectivity index (χ0n) is 10.7. The summed E-state index contributed by atoms with van der Waals surface area (Å²) in [7, 11) is 0. The minimum Gasteiger partial charge on any atom is -0.508 e. The van der Waals surface area contributed by atoms with E-state index in [0.717, 1.165) is 20.9 Å². The summed E-state index contributed by atoms with van der Waals surface area (Å²) in [5, 5.41) is 9.39. The Kier molecular flexibility index (Phi) is 4.12. The van der Waals surface area contributed by atoms with Crippen LogP contribution in [0.5, 0.6) is 11.5 Å². The number of hydrogen-bond donors (Lipinski definition) is 1. The van der Waals surface area contributed by atoms with Crippen LogP contribution >= 0.6 is 11.8 Å². The van der Waals surface area contributed by atoms with Gasteiger partial charge in [-0.25, -0.2) is 0 Å². The Hall–Kier alpha value is -1.94. The average molecular weight is 274 g/mol. The fourth-order valence-electron chi connectivity index (χ4n) is 1.73. The number of ether oxygens (including phenoxy) is 1. The molecule has 0 aliphatic heterocycles. The van der Waals surface area contributed by atoms with Crippen LogP contribution in [0.1, 0.15) is 11.1 Å². The number of carbonyl (C=O) groups is 1. The van der Waals surface area contributed by atoms with Crippen LogP contribution in [0.4, 0.5) is 0 Å². The third kappa shape index (κ3) is 3.29. The smallest absolute Gasteiger partial charge is 0.298 e. The minimum absolute atomic E-state index is 0.272. The first-order valence-electron chi connectivity index (χ1n) is 5.78. The molecule has 0 fully saturated rings. The summed E-state index contributed by atoms with van der Waals surface area (Å²) in [6.07, 6.45) is 0. The van der Waals surface area contributed by atoms with Crippen molar-refractivity contribution in [2.24, 2.45) is 0 Å². The number of phenols is 1. The Labute approximate surface area is 116 Å². The van der Waals surface area contributed by atoms with E-state index in [1.807, 2.05) is 32.0 Å². The molecule has 1 N–H and O–H groups in total. The highest BCUT2D eigenvalue weighted by Crippen LogP contribution is 2.35. The molecule has 0 saturated heterocycles. The zero-order chi connectivity index (χ0) is 13.8. The molecule has 0 unspecified atom stereocenters. The van der Waals surface area contributed by atoms with Gasteiger partial charge in [-0.2, -0.15) is 0 Å². The number of aromatic hydroxyl groups is 1. The maximum atomic E-state index is 10.3. The van der Waals surface area contributed by atoms with Crippen molar-refractivity contribution in [3.8, 4) is 11.5 Å². The van der Waals surface area contributed by atoms with Crippen molar-refractivity contribution in [1.82, 2.24) is 0 Å². The van der Waals surface area contributed by atoms with E-state index in [0.29, 0.717) is 12.2 Å². The summed E-state index contributed by atoms with van der Waals surface area (Å²) in [6.45, 7) is 4.35. The quantitative estimate of drug-likeness (QED) is 0.864. The van der Waals surface area contributed by atoms with Gasteiger partial charge in [0.15, 0.2) is 0 Å². The van der Waals surface area contributed by atoms with Crippen LogP contribution in [-0.4, -0.2) is 11.6 Å². The third-order valence-electron chi connectivity index (χ3n) is 2.71. The van der Waals surface area contributed by atoms with Gasteiger partial charge in [0.2, 0.25) is 0 Å². The van der Waals surface area contributed by atoms with Crippen LogP contribution in [0.25, 0.3) is 0 Å². The fraction of sp³-hybridized carbons (Fsp3) is 0.133. The van der Waals surface area contributed by atoms with Gasteiger partial charge in [0, 0.05) is 9.79 Å². The van der Waals surface area contributed by atoms with Crippen molar-refractivity contribution >= 4 is 18.2 Å². The Balaban J connectivity index is 2.25. The summed E-state index contributed by atoms with van der Waals surface area (Å²) >= 11 is 1.62. The molecule has 0 atom stereocenters. The van der Waals surface area contributed by atoms with Crippen molar-refractivity contribution in [3.05, 3.63) is 47.5 Å². The van der Waals surface area contributed by atoms with E-state index in [2.05, 4.69) is 0 Å². The number of carbonyl (C=O) groups excluding carboxylic acids is 1. The first-order chi connectivity index (χ1) is 9.10. The normalized spacial score (nSPS) is 10.2. The van der Waals surface area contributed by atoms with Gasteiger partial charge >= 0.3 is 0 Å². The molecule has 0 saturated carbocycles. The lowest BCUT2D eigenvalue weighted by Gasteiger charge is -2.09. The van der Waals surface area contributed by atoms with E-state index in [9.17, 15) is 9.90 Å². The molecule has 19 heavy (non-hydrogen) atoms. The van der Waals surface area contributed by atoms with E-state index < -0.39 is 0 Å². The molecule has 2 aromatic carbocycles. The van der Waals surface area contributed by atoms with Crippen molar-refractivity contribution in [2.75, 3.05) is 0 Å². The van der Waals surface area contributed by atoms with Gasteiger partial charge in [0.05, 0.1) is 0 Å². The molecule has 0 heterocycles. The molecule has 3 nitrogen and oxygen atoms in total. The van der Waals surface area contributed by atoms with Crippen molar-refractivity contribution in [3.63, 3.8) is 0 Å². The second-order valence-electron chi connectivity index (χ2n) is 4.19. The predicted molar refractivity (Wildman–Crippen MR) is 74.8 cm³/mol. The van der Waals surface area contributed by atoms with Crippen LogP contribution in [-0.2, 0) is 4.79 Å². The second-order valence-corrected chi connectivity index (χ2v) is 5.28. The Bertz CT molecular complexity index is 608. The minimum atomic E-state index is 0.272. The van der Waals surface area contributed by atoms with Gasteiger partial charge < -0.3 is 9.84 Å². The topological polar surface area (TPSA) is 46.5 Å². The van der Waals surface area contributed by atoms with E-state index in [1.165, 1.54) is 0 Å². The van der Waals surface area contributed by atoms with Crippen LogP contribution in [0.15, 0.2) is 46.2 Å². The Morgan fingerprint density at radius 1 is 1.05 bits per heavy atom. The highest BCUT2D eigenvalue weighted by Gasteiger charge is 2.06. The van der Waals surface area contributed by atoms with Crippen molar-refractivity contribution < 1.29 is 14.6 Å². The molecule has 0 radical (unpaired) electrons. The van der Waals surface area contributed by atoms with Crippen molar-refractivity contribution in [2.45, 2.75) is 23.6 Å². The van der Waals surface area contributed by atoms with E-state index in [-0.39, 0.29) is 5.75 Å². The maximum absolute atomic E-state index is 10.3. The van der Waals surface area contributed by atoms with E-state index in [1.54, 1.807) is 30.0 Å². The maximum Gasteiger partial charge on any atom is 0.298 e. The van der Waals surface area contributed by atoms with Crippen LogP contribution in [0, 0.1) is 13.8 Å². The fourth-order valence-corrected chi connectivity index (χ4v) is 2.68. The zero-order valence-corrected chi connectivity index (χ0v) is 11.5. The van der Waals surface area contributed by atoms with E-state index >= 15 is 0 Å². The first kappa shape index (κ1) is 13.5. The third-order valence-corrected chi connectivity index (χ3v) is 4.06. The molecule has 4 heteroatoms. The highest BCUT2D eigenvalue weighted by atomic mass is 32.2. The lowest BCUT2D eigenvalue weighted by atomic mass is 10.2. The Morgan fingerprint density at radius 3 is 2.26 bits per heavy atom. The molecule has 0 aliphatic carbocycles. The molecule has 0 spiro atoms. The molecule has 0 aromatic heterocycles. The van der Waals surface area contributed by atoms with Gasteiger partial charge in [-0.3, -0.25) is 4.79 Å². The molecular formula is C15H14O3S. The van der Waals surface area contributed by atoms with Gasteiger partial charge in [-0.05, 0) is 61.4 Å². The summed E-state index contributed by atoms with van der Waals surface area (Å²) in [6, 6.07) is 10.8. The number of rotatable bonds is 4. The van der Waals surface area contributed by atoms with E-state index in [4.69, 9.17) is 4.74 Å². The Morgan fingerprint density at radius 2 is 1.68 bits per heavy atom. The average Bonchev–Trinajstić information content (AvgIpc) is 2.36. The molecule has 0 amide bonds. The van der Waals surface area contributed by atoms with Crippen molar-refractivity contribution in [1.29, 1.82) is 0 Å². The van der Waals surface area contributed by atoms with Gasteiger partial charge in [-0.15, -0.1) is 0 Å². The number of aryl methyl sites for hydroxylation is 2. The largest absolute Gasteiger partial charge is 0.508 e. The standard InChI is InChI=1S/C15H14O3S/c1-10-7-12(17)3-5-14(10)19-15-6-4-13(18-9-16)8-11(15)2/h3-9,17H,1-2H3. The first-order valence-corrected chi connectivity index (χ1v) is 6.60. The summed E-state index contributed by atoms with van der Waals surface area (Å²) in [5.41, 5.74) is 2.06. The number of benzene rings is 2. The highest BCUT2D eigenvalue weighted by molar-refractivity contribution is 7.99. The summed E-state index contributed by atoms with van der Waals surface area (Å²) < 4.78 is 4.81. The second kappa shape index (κ2) is 5.80. The van der Waals surface area contributed by atoms with Crippen LogP contribution < -0.4 is 4.74 Å². The number of hydrogen-bond acceptors (Lipinski definition) is 4. The monoisotopic (exact) mass is 274 g/mol. The number of phenolic OH excluding ortho intramolecular Hbond substituents is 1.